The van der Waals surface area contributed by atoms with E-state index in [2.05, 4.69) is 5.32 Å². The van der Waals surface area contributed by atoms with Crippen LogP contribution in [-0.4, -0.2) is 25.5 Å². The fourth-order valence-electron chi connectivity index (χ4n) is 3.55. The lowest BCUT2D eigenvalue weighted by Crippen LogP contribution is -2.41. The number of carbonyl (C=O) groups excluding carboxylic acids is 1. The summed E-state index contributed by atoms with van der Waals surface area (Å²) in [7, 11) is 1.65. The normalized spacial score (nSPS) is 26.8. The number of ether oxygens (including phenoxy) is 1. The van der Waals surface area contributed by atoms with Crippen molar-refractivity contribution in [1.82, 2.24) is 5.32 Å². The lowest BCUT2D eigenvalue weighted by atomic mass is 9.77. The number of fused-ring (bicyclic) bond motifs is 1. The third kappa shape index (κ3) is 2.59. The van der Waals surface area contributed by atoms with Gasteiger partial charge in [0.2, 0.25) is 0 Å². The van der Waals surface area contributed by atoms with Crippen molar-refractivity contribution in [1.29, 1.82) is 0 Å². The molecule has 1 aliphatic heterocycles. The highest BCUT2D eigenvalue weighted by molar-refractivity contribution is 6.01. The van der Waals surface area contributed by atoms with Crippen LogP contribution in [-0.2, 0) is 6.42 Å². The minimum Gasteiger partial charge on any atom is -0.497 e. The summed E-state index contributed by atoms with van der Waals surface area (Å²) >= 11 is 0. The number of aryl methyl sites for hydroxylation is 1. The molecule has 0 saturated carbocycles. The van der Waals surface area contributed by atoms with E-state index in [9.17, 15) is 4.79 Å². The first-order valence-electron chi connectivity index (χ1n) is 7.74. The molecule has 108 valence electrons. The van der Waals surface area contributed by atoms with Gasteiger partial charge in [-0.3, -0.25) is 4.79 Å². The molecule has 0 aromatic heterocycles. The van der Waals surface area contributed by atoms with Crippen molar-refractivity contribution in [2.45, 2.75) is 44.6 Å². The molecule has 0 bridgehead atoms. The van der Waals surface area contributed by atoms with Crippen LogP contribution in [0.15, 0.2) is 18.2 Å². The van der Waals surface area contributed by atoms with Gasteiger partial charge in [-0.25, -0.2) is 0 Å². The van der Waals surface area contributed by atoms with Crippen molar-refractivity contribution in [3.8, 4) is 5.75 Å². The van der Waals surface area contributed by atoms with Crippen LogP contribution in [0.2, 0.25) is 0 Å². The van der Waals surface area contributed by atoms with E-state index in [1.54, 1.807) is 7.11 Å². The summed E-state index contributed by atoms with van der Waals surface area (Å²) in [6.45, 7) is 1.05. The maximum Gasteiger partial charge on any atom is 0.167 e. The Balaban J connectivity index is 1.83. The van der Waals surface area contributed by atoms with Gasteiger partial charge in [0.1, 0.15) is 5.75 Å². The minimum atomic E-state index is 0.146. The van der Waals surface area contributed by atoms with Gasteiger partial charge in [0.15, 0.2) is 5.78 Å². The third-order valence-electron chi connectivity index (χ3n) is 4.73. The van der Waals surface area contributed by atoms with E-state index < -0.39 is 0 Å². The van der Waals surface area contributed by atoms with Gasteiger partial charge in [-0.05, 0) is 49.9 Å². The smallest absolute Gasteiger partial charge is 0.167 e. The largest absolute Gasteiger partial charge is 0.497 e. The Labute approximate surface area is 120 Å². The van der Waals surface area contributed by atoms with Crippen molar-refractivity contribution in [2.75, 3.05) is 13.7 Å². The van der Waals surface area contributed by atoms with E-state index in [1.807, 2.05) is 18.2 Å². The summed E-state index contributed by atoms with van der Waals surface area (Å²) < 4.78 is 5.26. The molecule has 0 spiro atoms. The van der Waals surface area contributed by atoms with E-state index in [4.69, 9.17) is 4.74 Å². The number of hydrogen-bond donors (Lipinski definition) is 1. The Bertz CT molecular complexity index is 490. The van der Waals surface area contributed by atoms with Gasteiger partial charge in [-0.2, -0.15) is 0 Å². The monoisotopic (exact) mass is 273 g/mol. The van der Waals surface area contributed by atoms with Gasteiger partial charge < -0.3 is 10.1 Å². The predicted molar refractivity (Wildman–Crippen MR) is 79.4 cm³/mol. The fraction of sp³-hybridized carbons (Fsp3) is 0.588. The van der Waals surface area contributed by atoms with Gasteiger partial charge >= 0.3 is 0 Å². The summed E-state index contributed by atoms with van der Waals surface area (Å²) in [6, 6.07) is 6.28. The SMILES string of the molecule is COc1ccc2c(c1)C(=O)C(C1CCCCCN1)CC2. The molecule has 2 aliphatic rings. The van der Waals surface area contributed by atoms with Crippen LogP contribution in [0.25, 0.3) is 0 Å². The molecular formula is C17H23NO2. The van der Waals surface area contributed by atoms with Gasteiger partial charge in [0, 0.05) is 17.5 Å². The Kier molecular flexibility index (Phi) is 4.06. The van der Waals surface area contributed by atoms with Gasteiger partial charge in [0.05, 0.1) is 7.11 Å². The van der Waals surface area contributed by atoms with Gasteiger partial charge in [-0.15, -0.1) is 0 Å². The second-order valence-corrected chi connectivity index (χ2v) is 5.94. The van der Waals surface area contributed by atoms with Crippen LogP contribution in [0.3, 0.4) is 0 Å². The van der Waals surface area contributed by atoms with Crippen molar-refractivity contribution in [2.24, 2.45) is 5.92 Å². The summed E-state index contributed by atoms with van der Waals surface area (Å²) in [5.41, 5.74) is 2.06. The van der Waals surface area contributed by atoms with E-state index in [1.165, 1.54) is 24.8 Å². The number of hydrogen-bond acceptors (Lipinski definition) is 3. The standard InChI is InChI=1S/C17H23NO2/c1-20-13-8-6-12-7-9-14(17(19)15(12)11-13)16-5-3-2-4-10-18-16/h6,8,11,14,16,18H,2-5,7,9-10H2,1H3. The molecular weight excluding hydrogens is 250 g/mol. The zero-order valence-corrected chi connectivity index (χ0v) is 12.2. The van der Waals surface area contributed by atoms with Crippen LogP contribution in [0, 0.1) is 5.92 Å². The van der Waals surface area contributed by atoms with Crippen molar-refractivity contribution >= 4 is 5.78 Å². The lowest BCUT2D eigenvalue weighted by Gasteiger charge is -2.30. The van der Waals surface area contributed by atoms with E-state index >= 15 is 0 Å². The highest BCUT2D eigenvalue weighted by atomic mass is 16.5. The average molecular weight is 273 g/mol. The van der Waals surface area contributed by atoms with E-state index in [-0.39, 0.29) is 5.92 Å². The highest BCUT2D eigenvalue weighted by Gasteiger charge is 2.33. The summed E-state index contributed by atoms with van der Waals surface area (Å²) in [6.07, 6.45) is 6.89. The molecule has 20 heavy (non-hydrogen) atoms. The van der Waals surface area contributed by atoms with Crippen LogP contribution < -0.4 is 10.1 Å². The molecule has 2 atom stereocenters. The van der Waals surface area contributed by atoms with Crippen LogP contribution in [0.1, 0.15) is 48.0 Å². The zero-order valence-electron chi connectivity index (χ0n) is 12.2. The molecule has 3 nitrogen and oxygen atoms in total. The van der Waals surface area contributed by atoms with E-state index in [0.717, 1.165) is 37.1 Å². The Morgan fingerprint density at radius 3 is 2.95 bits per heavy atom. The van der Waals surface area contributed by atoms with Crippen molar-refractivity contribution in [3.63, 3.8) is 0 Å². The number of ketones is 1. The number of benzene rings is 1. The lowest BCUT2D eigenvalue weighted by molar-refractivity contribution is 0.0865. The minimum absolute atomic E-state index is 0.146. The average Bonchev–Trinajstić information content (AvgIpc) is 2.76. The second kappa shape index (κ2) is 5.96. The fourth-order valence-corrected chi connectivity index (χ4v) is 3.55. The molecule has 1 saturated heterocycles. The topological polar surface area (TPSA) is 38.3 Å². The Morgan fingerprint density at radius 1 is 1.20 bits per heavy atom. The van der Waals surface area contributed by atoms with Crippen LogP contribution in [0.5, 0.6) is 5.75 Å². The maximum absolute atomic E-state index is 12.8. The molecule has 3 rings (SSSR count). The highest BCUT2D eigenvalue weighted by Crippen LogP contribution is 2.32. The summed E-state index contributed by atoms with van der Waals surface area (Å²) in [5, 5.41) is 3.59. The first-order chi connectivity index (χ1) is 9.79. The molecule has 2 unspecified atom stereocenters. The van der Waals surface area contributed by atoms with Crippen LogP contribution >= 0.6 is 0 Å². The van der Waals surface area contributed by atoms with E-state index in [0.29, 0.717) is 11.8 Å². The number of carbonyl (C=O) groups is 1. The molecule has 3 heteroatoms. The number of Topliss-reactive ketones (excluding diaryl/α,β-unsaturated/α-hetero) is 1. The first-order valence-corrected chi connectivity index (χ1v) is 7.74. The van der Waals surface area contributed by atoms with Crippen LogP contribution in [0.4, 0.5) is 0 Å². The number of methoxy groups -OCH3 is 1. The second-order valence-electron chi connectivity index (χ2n) is 5.94. The summed E-state index contributed by atoms with van der Waals surface area (Å²) in [5.74, 6) is 1.24. The summed E-state index contributed by atoms with van der Waals surface area (Å²) in [4.78, 5) is 12.8. The first kappa shape index (κ1) is 13.6. The molecule has 1 fully saturated rings. The molecule has 1 heterocycles. The Morgan fingerprint density at radius 2 is 2.10 bits per heavy atom. The molecule has 1 aliphatic carbocycles. The maximum atomic E-state index is 12.8. The molecule has 0 amide bonds. The zero-order chi connectivity index (χ0) is 13.9. The van der Waals surface area contributed by atoms with Crippen molar-refractivity contribution < 1.29 is 9.53 Å². The molecule has 1 aromatic carbocycles. The molecule has 1 aromatic rings. The Hall–Kier alpha value is -1.35. The number of rotatable bonds is 2. The number of nitrogens with one attached hydrogen (secondary N) is 1. The quantitative estimate of drug-likeness (QED) is 0.900. The van der Waals surface area contributed by atoms with Gasteiger partial charge in [-0.1, -0.05) is 18.9 Å². The third-order valence-corrected chi connectivity index (χ3v) is 4.73. The van der Waals surface area contributed by atoms with Crippen molar-refractivity contribution in [3.05, 3.63) is 29.3 Å². The molecule has 1 N–H and O–H groups in total. The van der Waals surface area contributed by atoms with Gasteiger partial charge in [0.25, 0.3) is 0 Å². The molecule has 0 radical (unpaired) electrons. The predicted octanol–water partition coefficient (Wildman–Crippen LogP) is 2.97.